The Morgan fingerprint density at radius 2 is 2.06 bits per heavy atom. The van der Waals surface area contributed by atoms with Crippen molar-refractivity contribution in [3.8, 4) is 0 Å². The molecule has 0 bridgehead atoms. The summed E-state index contributed by atoms with van der Waals surface area (Å²) in [7, 11) is 0. The number of aromatic nitrogens is 1. The first-order valence-electron chi connectivity index (χ1n) is 4.41. The van der Waals surface area contributed by atoms with Crippen LogP contribution in [0.3, 0.4) is 0 Å². The van der Waals surface area contributed by atoms with Gasteiger partial charge in [0.2, 0.25) is 0 Å². The Morgan fingerprint density at radius 3 is 2.69 bits per heavy atom. The molecule has 0 saturated carbocycles. The van der Waals surface area contributed by atoms with Crippen molar-refractivity contribution >= 4 is 16.6 Å². The maximum absolute atomic E-state index is 12.6. The number of nitrogens with zero attached hydrogens (tertiary/aromatic N) is 2. The third kappa shape index (κ3) is 1.69. The smallest absolute Gasteiger partial charge is 0.258 e. The molecule has 0 atom stereocenters. The second kappa shape index (κ2) is 3.80. The summed E-state index contributed by atoms with van der Waals surface area (Å²) < 4.78 is 25.3. The van der Waals surface area contributed by atoms with Gasteiger partial charge in [-0.3, -0.25) is 15.1 Å². The van der Waals surface area contributed by atoms with E-state index in [0.29, 0.717) is 5.52 Å². The van der Waals surface area contributed by atoms with Crippen LogP contribution in [-0.4, -0.2) is 9.91 Å². The van der Waals surface area contributed by atoms with Gasteiger partial charge in [0.15, 0.2) is 0 Å². The number of halogens is 2. The molecule has 82 valence electrons. The van der Waals surface area contributed by atoms with Gasteiger partial charge in [-0.15, -0.1) is 0 Å². The number of fused-ring (bicyclic) bond motifs is 1. The van der Waals surface area contributed by atoms with Gasteiger partial charge in [0, 0.05) is 29.3 Å². The summed E-state index contributed by atoms with van der Waals surface area (Å²) in [4.78, 5) is 13.8. The number of pyridine rings is 1. The van der Waals surface area contributed by atoms with E-state index in [9.17, 15) is 18.9 Å². The Bertz CT molecular complexity index is 558. The van der Waals surface area contributed by atoms with Crippen molar-refractivity contribution in [3.63, 3.8) is 0 Å². The normalized spacial score (nSPS) is 10.9. The molecular formula is C10H6F2N2O2. The average molecular weight is 224 g/mol. The predicted octanol–water partition coefficient (Wildman–Crippen LogP) is 3.08. The van der Waals surface area contributed by atoms with E-state index < -0.39 is 11.3 Å². The first-order chi connectivity index (χ1) is 7.59. The Hall–Kier alpha value is -2.11. The number of rotatable bonds is 2. The molecule has 0 amide bonds. The molecule has 0 N–H and O–H groups in total. The lowest BCUT2D eigenvalue weighted by atomic mass is 10.1. The molecule has 0 aliphatic heterocycles. The number of nitro groups is 1. The number of hydrogen-bond acceptors (Lipinski definition) is 3. The highest BCUT2D eigenvalue weighted by Gasteiger charge is 2.14. The number of non-ortho nitro benzene ring substituents is 1. The average Bonchev–Trinajstić information content (AvgIpc) is 2.27. The minimum atomic E-state index is -2.67. The highest BCUT2D eigenvalue weighted by atomic mass is 19.3. The van der Waals surface area contributed by atoms with Crippen LogP contribution in [0.4, 0.5) is 14.5 Å². The van der Waals surface area contributed by atoms with Gasteiger partial charge in [-0.2, -0.15) is 0 Å². The van der Waals surface area contributed by atoms with Crippen molar-refractivity contribution in [1.29, 1.82) is 0 Å². The Morgan fingerprint density at radius 1 is 1.31 bits per heavy atom. The molecule has 0 saturated heterocycles. The fourth-order valence-corrected chi connectivity index (χ4v) is 1.46. The van der Waals surface area contributed by atoms with Crippen LogP contribution in [0.2, 0.25) is 0 Å². The molecule has 0 aliphatic rings. The van der Waals surface area contributed by atoms with E-state index in [-0.39, 0.29) is 16.6 Å². The summed E-state index contributed by atoms with van der Waals surface area (Å²) >= 11 is 0. The zero-order chi connectivity index (χ0) is 11.7. The SMILES string of the molecule is O=[N+]([O-])c1ccc2nccc(C(F)F)c2c1. The molecule has 0 spiro atoms. The van der Waals surface area contributed by atoms with Crippen LogP contribution in [0.15, 0.2) is 30.5 Å². The third-order valence-electron chi connectivity index (χ3n) is 2.20. The largest absolute Gasteiger partial charge is 0.270 e. The maximum atomic E-state index is 12.6. The molecule has 6 heteroatoms. The summed E-state index contributed by atoms with van der Waals surface area (Å²) in [6.45, 7) is 0. The van der Waals surface area contributed by atoms with Gasteiger partial charge in [-0.25, -0.2) is 8.78 Å². The van der Waals surface area contributed by atoms with Gasteiger partial charge in [0.1, 0.15) is 0 Å². The number of alkyl halides is 2. The van der Waals surface area contributed by atoms with Gasteiger partial charge < -0.3 is 0 Å². The van der Waals surface area contributed by atoms with Gasteiger partial charge in [0.25, 0.3) is 12.1 Å². The molecule has 16 heavy (non-hydrogen) atoms. The van der Waals surface area contributed by atoms with Gasteiger partial charge in [0.05, 0.1) is 10.4 Å². The highest BCUT2D eigenvalue weighted by Crippen LogP contribution is 2.28. The zero-order valence-corrected chi connectivity index (χ0v) is 7.93. The predicted molar refractivity (Wildman–Crippen MR) is 53.4 cm³/mol. The van der Waals surface area contributed by atoms with Crippen LogP contribution in [0.1, 0.15) is 12.0 Å². The molecule has 1 aromatic heterocycles. The summed E-state index contributed by atoms with van der Waals surface area (Å²) in [6, 6.07) is 4.88. The van der Waals surface area contributed by atoms with Crippen LogP contribution in [0.25, 0.3) is 10.9 Å². The van der Waals surface area contributed by atoms with Crippen LogP contribution in [-0.2, 0) is 0 Å². The van der Waals surface area contributed by atoms with Crippen molar-refractivity contribution in [2.24, 2.45) is 0 Å². The zero-order valence-electron chi connectivity index (χ0n) is 7.93. The highest BCUT2D eigenvalue weighted by molar-refractivity contribution is 5.84. The Balaban J connectivity index is 2.73. The van der Waals surface area contributed by atoms with Crippen molar-refractivity contribution in [3.05, 3.63) is 46.1 Å². The monoisotopic (exact) mass is 224 g/mol. The van der Waals surface area contributed by atoms with E-state index >= 15 is 0 Å². The molecular weight excluding hydrogens is 218 g/mol. The summed E-state index contributed by atoms with van der Waals surface area (Å²) in [5.41, 5.74) is -0.139. The topological polar surface area (TPSA) is 56.0 Å². The maximum Gasteiger partial charge on any atom is 0.270 e. The van der Waals surface area contributed by atoms with E-state index in [1.807, 2.05) is 0 Å². The van der Waals surface area contributed by atoms with Crippen LogP contribution in [0, 0.1) is 10.1 Å². The van der Waals surface area contributed by atoms with Crippen LogP contribution in [0.5, 0.6) is 0 Å². The van der Waals surface area contributed by atoms with E-state index in [4.69, 9.17) is 0 Å². The fraction of sp³-hybridized carbons (Fsp3) is 0.100. The number of benzene rings is 1. The van der Waals surface area contributed by atoms with Crippen LogP contribution < -0.4 is 0 Å². The van der Waals surface area contributed by atoms with E-state index in [2.05, 4.69) is 4.98 Å². The molecule has 2 rings (SSSR count). The minimum Gasteiger partial charge on any atom is -0.258 e. The molecule has 0 radical (unpaired) electrons. The van der Waals surface area contributed by atoms with E-state index in [1.165, 1.54) is 18.3 Å². The summed E-state index contributed by atoms with van der Waals surface area (Å²) in [6.07, 6.45) is -1.41. The molecule has 1 aromatic carbocycles. The molecule has 4 nitrogen and oxygen atoms in total. The fourth-order valence-electron chi connectivity index (χ4n) is 1.46. The summed E-state index contributed by atoms with van der Waals surface area (Å²) in [5, 5.41) is 10.6. The van der Waals surface area contributed by atoms with E-state index in [1.54, 1.807) is 0 Å². The lowest BCUT2D eigenvalue weighted by molar-refractivity contribution is -0.384. The lowest BCUT2D eigenvalue weighted by Gasteiger charge is -2.04. The molecule has 2 aromatic rings. The van der Waals surface area contributed by atoms with Crippen molar-refractivity contribution in [1.82, 2.24) is 4.98 Å². The number of hydrogen-bond donors (Lipinski definition) is 0. The molecule has 1 heterocycles. The van der Waals surface area contributed by atoms with Crippen molar-refractivity contribution in [2.75, 3.05) is 0 Å². The minimum absolute atomic E-state index is 0.117. The Kier molecular flexibility index (Phi) is 2.47. The van der Waals surface area contributed by atoms with Gasteiger partial charge in [-0.1, -0.05) is 0 Å². The Labute approximate surface area is 88.7 Å². The van der Waals surface area contributed by atoms with Crippen molar-refractivity contribution in [2.45, 2.75) is 6.43 Å². The molecule has 0 unspecified atom stereocenters. The van der Waals surface area contributed by atoms with E-state index in [0.717, 1.165) is 12.1 Å². The molecule has 0 fully saturated rings. The van der Waals surface area contributed by atoms with Gasteiger partial charge >= 0.3 is 0 Å². The second-order valence-corrected chi connectivity index (χ2v) is 3.16. The van der Waals surface area contributed by atoms with Gasteiger partial charge in [-0.05, 0) is 12.1 Å². The van der Waals surface area contributed by atoms with Crippen molar-refractivity contribution < 1.29 is 13.7 Å². The number of nitro benzene ring substituents is 1. The lowest BCUT2D eigenvalue weighted by Crippen LogP contribution is -1.92. The first kappa shape index (κ1) is 10.4. The second-order valence-electron chi connectivity index (χ2n) is 3.16. The summed E-state index contributed by atoms with van der Waals surface area (Å²) in [5.74, 6) is 0. The third-order valence-corrected chi connectivity index (χ3v) is 2.20. The van der Waals surface area contributed by atoms with Crippen LogP contribution >= 0.6 is 0 Å². The standard InChI is InChI=1S/C10H6F2N2O2/c11-10(12)7-3-4-13-9-2-1-6(14(15)16)5-8(7)9/h1-5,10H. The quantitative estimate of drug-likeness (QED) is 0.581. The first-order valence-corrected chi connectivity index (χ1v) is 4.41. The molecule has 0 aliphatic carbocycles.